The number of imide groups is 1. The first kappa shape index (κ1) is 29.2. The number of ether oxygens (including phenoxy) is 2. The van der Waals surface area contributed by atoms with Crippen molar-refractivity contribution < 1.29 is 24.2 Å². The molecule has 1 aromatic heterocycles. The number of methoxy groups -OCH3 is 1. The number of nitrogens with zero attached hydrogens (tertiary/aromatic N) is 2. The van der Waals surface area contributed by atoms with E-state index in [0.717, 1.165) is 22.1 Å². The lowest BCUT2D eigenvalue weighted by atomic mass is 9.97. The summed E-state index contributed by atoms with van der Waals surface area (Å²) in [6, 6.07) is 20.5. The lowest BCUT2D eigenvalue weighted by Crippen LogP contribution is -2.33. The van der Waals surface area contributed by atoms with Gasteiger partial charge in [-0.05, 0) is 110 Å². The summed E-state index contributed by atoms with van der Waals surface area (Å²) in [5.74, 6) is 1.16. The Morgan fingerprint density at radius 1 is 0.860 bits per heavy atom. The zero-order valence-electron chi connectivity index (χ0n) is 24.6. The van der Waals surface area contributed by atoms with Gasteiger partial charge >= 0.3 is 0 Å². The zero-order chi connectivity index (χ0) is 29.8. The minimum atomic E-state index is -0.143. The van der Waals surface area contributed by atoms with Gasteiger partial charge < -0.3 is 19.5 Å². The number of carbonyl (C=O) groups excluding carboxylic acids is 2. The van der Waals surface area contributed by atoms with E-state index in [9.17, 15) is 14.7 Å². The number of aromatic hydroxyl groups is 1. The quantitative estimate of drug-likeness (QED) is 0.189. The lowest BCUT2D eigenvalue weighted by Gasteiger charge is -2.16. The third-order valence-electron chi connectivity index (χ3n) is 8.47. The number of hydrogen-bond acceptors (Lipinski definition) is 7. The van der Waals surface area contributed by atoms with Gasteiger partial charge in [-0.1, -0.05) is 30.3 Å². The van der Waals surface area contributed by atoms with Crippen molar-refractivity contribution in [2.24, 2.45) is 0 Å². The number of rotatable bonds is 12. The van der Waals surface area contributed by atoms with Gasteiger partial charge in [-0.15, -0.1) is 11.3 Å². The van der Waals surface area contributed by atoms with E-state index in [-0.39, 0.29) is 43.6 Å². The van der Waals surface area contributed by atoms with Crippen LogP contribution in [0.25, 0.3) is 20.5 Å². The van der Waals surface area contributed by atoms with Crippen LogP contribution in [0.2, 0.25) is 0 Å². The Morgan fingerprint density at radius 3 is 2.35 bits per heavy atom. The van der Waals surface area contributed by atoms with Crippen LogP contribution in [0.1, 0.15) is 48.8 Å². The van der Waals surface area contributed by atoms with Gasteiger partial charge in [0, 0.05) is 22.4 Å². The normalized spacial score (nSPS) is 15.6. The number of likely N-dealkylation sites (tertiary alicyclic amines) is 2. The van der Waals surface area contributed by atoms with Gasteiger partial charge in [0.15, 0.2) is 11.5 Å². The largest absolute Gasteiger partial charge is 0.508 e. The molecule has 7 nitrogen and oxygen atoms in total. The Bertz CT molecular complexity index is 1590. The monoisotopic (exact) mass is 598 g/mol. The molecule has 2 aliphatic heterocycles. The van der Waals surface area contributed by atoms with Crippen LogP contribution in [0.5, 0.6) is 17.2 Å². The van der Waals surface area contributed by atoms with E-state index in [1.165, 1.54) is 65.4 Å². The third kappa shape index (κ3) is 6.71. The van der Waals surface area contributed by atoms with Crippen LogP contribution in [0.4, 0.5) is 0 Å². The molecule has 0 spiro atoms. The number of fused-ring (bicyclic) bond motifs is 1. The molecule has 0 bridgehead atoms. The molecule has 6 rings (SSSR count). The smallest absolute Gasteiger partial charge is 0.229 e. The molecular weight excluding hydrogens is 560 g/mol. The summed E-state index contributed by atoms with van der Waals surface area (Å²) in [5, 5.41) is 11.3. The van der Waals surface area contributed by atoms with E-state index in [1.54, 1.807) is 24.5 Å². The molecule has 2 fully saturated rings. The van der Waals surface area contributed by atoms with E-state index in [2.05, 4.69) is 29.2 Å². The number of phenolic OH excluding ortho intramolecular Hbond substituents is 1. The topological polar surface area (TPSA) is 79.3 Å². The van der Waals surface area contributed by atoms with Crippen LogP contribution in [-0.4, -0.2) is 66.6 Å². The predicted octanol–water partition coefficient (Wildman–Crippen LogP) is 6.43. The second kappa shape index (κ2) is 13.2. The van der Waals surface area contributed by atoms with E-state index >= 15 is 0 Å². The number of aryl methyl sites for hydroxylation is 1. The Balaban J connectivity index is 1.19. The van der Waals surface area contributed by atoms with Crippen LogP contribution in [0.15, 0.2) is 60.7 Å². The molecule has 0 unspecified atom stereocenters. The number of thiophene rings is 1. The molecule has 4 aromatic rings. The van der Waals surface area contributed by atoms with Crippen molar-refractivity contribution in [3.8, 4) is 27.7 Å². The highest BCUT2D eigenvalue weighted by molar-refractivity contribution is 7.22. The summed E-state index contributed by atoms with van der Waals surface area (Å²) in [6.45, 7) is 4.11. The first-order valence-corrected chi connectivity index (χ1v) is 16.0. The predicted molar refractivity (Wildman–Crippen MR) is 170 cm³/mol. The summed E-state index contributed by atoms with van der Waals surface area (Å²) in [4.78, 5) is 28.8. The molecule has 0 atom stereocenters. The standard InChI is InChI=1S/C35H38N2O5S/c1-41-31-22-25(8-13-30(31)42-20-19-37-33(39)14-15-34(37)40)21-29-28-12-11-27(38)23-32(28)43-35(29)26-9-6-24(7-10-26)5-4-18-36-16-2-3-17-36/h6-13,22-23,38H,2-5,14-21H2,1H3. The van der Waals surface area contributed by atoms with Gasteiger partial charge in [-0.25, -0.2) is 0 Å². The Hall–Kier alpha value is -3.88. The lowest BCUT2D eigenvalue weighted by molar-refractivity contribution is -0.138. The average Bonchev–Trinajstić information content (AvgIpc) is 3.74. The van der Waals surface area contributed by atoms with Crippen molar-refractivity contribution in [3.05, 3.63) is 77.4 Å². The van der Waals surface area contributed by atoms with Gasteiger partial charge in [0.1, 0.15) is 12.4 Å². The Morgan fingerprint density at radius 2 is 1.60 bits per heavy atom. The van der Waals surface area contributed by atoms with Crippen molar-refractivity contribution in [1.82, 2.24) is 9.80 Å². The van der Waals surface area contributed by atoms with Crippen LogP contribution in [-0.2, 0) is 22.4 Å². The number of amides is 2. The number of benzene rings is 3. The molecule has 2 aliphatic rings. The molecule has 0 saturated carbocycles. The maximum Gasteiger partial charge on any atom is 0.229 e. The first-order valence-electron chi connectivity index (χ1n) is 15.2. The van der Waals surface area contributed by atoms with Crippen molar-refractivity contribution in [3.63, 3.8) is 0 Å². The van der Waals surface area contributed by atoms with Crippen molar-refractivity contribution in [1.29, 1.82) is 0 Å². The number of phenols is 1. The van der Waals surface area contributed by atoms with Crippen LogP contribution >= 0.6 is 11.3 Å². The molecule has 2 saturated heterocycles. The molecule has 43 heavy (non-hydrogen) atoms. The fourth-order valence-corrected chi connectivity index (χ4v) is 7.41. The minimum Gasteiger partial charge on any atom is -0.508 e. The number of carbonyl (C=O) groups is 2. The van der Waals surface area contributed by atoms with Gasteiger partial charge in [0.2, 0.25) is 11.8 Å². The highest BCUT2D eigenvalue weighted by atomic mass is 32.1. The van der Waals surface area contributed by atoms with Crippen LogP contribution in [0.3, 0.4) is 0 Å². The van der Waals surface area contributed by atoms with E-state index in [0.29, 0.717) is 17.9 Å². The Labute approximate surface area is 256 Å². The van der Waals surface area contributed by atoms with Crippen molar-refractivity contribution in [2.75, 3.05) is 39.9 Å². The third-order valence-corrected chi connectivity index (χ3v) is 9.71. The fourth-order valence-electron chi connectivity index (χ4n) is 6.15. The molecule has 224 valence electrons. The molecular formula is C35H38N2O5S. The van der Waals surface area contributed by atoms with Crippen LogP contribution in [0, 0.1) is 0 Å². The molecule has 0 radical (unpaired) electrons. The Kier molecular flexibility index (Phi) is 8.95. The summed E-state index contributed by atoms with van der Waals surface area (Å²) >= 11 is 1.71. The first-order chi connectivity index (χ1) is 21.0. The summed E-state index contributed by atoms with van der Waals surface area (Å²) < 4.78 is 12.6. The van der Waals surface area contributed by atoms with E-state index in [1.807, 2.05) is 30.3 Å². The van der Waals surface area contributed by atoms with Gasteiger partial charge in [0.05, 0.1) is 13.7 Å². The molecule has 3 aromatic carbocycles. The minimum absolute atomic E-state index is 0.143. The van der Waals surface area contributed by atoms with Crippen molar-refractivity contribution >= 4 is 33.2 Å². The second-order valence-electron chi connectivity index (χ2n) is 11.4. The van der Waals surface area contributed by atoms with Gasteiger partial charge in [-0.3, -0.25) is 14.5 Å². The van der Waals surface area contributed by atoms with Crippen LogP contribution < -0.4 is 9.47 Å². The maximum atomic E-state index is 11.9. The molecule has 2 amide bonds. The molecule has 8 heteroatoms. The number of hydrogen-bond donors (Lipinski definition) is 1. The summed E-state index contributed by atoms with van der Waals surface area (Å²) in [6.07, 6.45) is 6.17. The van der Waals surface area contributed by atoms with E-state index in [4.69, 9.17) is 9.47 Å². The molecule has 0 aliphatic carbocycles. The van der Waals surface area contributed by atoms with Crippen molar-refractivity contribution in [2.45, 2.75) is 44.9 Å². The fraction of sp³-hybridized carbons (Fsp3) is 0.371. The molecule has 3 heterocycles. The highest BCUT2D eigenvalue weighted by Gasteiger charge is 2.28. The summed E-state index contributed by atoms with van der Waals surface area (Å²) in [5.41, 5.74) is 4.82. The maximum absolute atomic E-state index is 11.9. The zero-order valence-corrected chi connectivity index (χ0v) is 25.5. The highest BCUT2D eigenvalue weighted by Crippen LogP contribution is 2.42. The second-order valence-corrected chi connectivity index (χ2v) is 12.4. The molecule has 1 N–H and O–H groups in total. The van der Waals surface area contributed by atoms with E-state index < -0.39 is 0 Å². The average molecular weight is 599 g/mol. The SMILES string of the molecule is COc1cc(Cc2c(-c3ccc(CCCN4CCCC4)cc3)sc3cc(O)ccc23)ccc1OCCN1C(=O)CCC1=O. The van der Waals surface area contributed by atoms with Gasteiger partial charge in [0.25, 0.3) is 0 Å². The summed E-state index contributed by atoms with van der Waals surface area (Å²) in [7, 11) is 1.61. The van der Waals surface area contributed by atoms with Gasteiger partial charge in [-0.2, -0.15) is 0 Å².